The molecule has 2 atom stereocenters. The quantitative estimate of drug-likeness (QED) is 0.562. The van der Waals surface area contributed by atoms with Crippen molar-refractivity contribution in [3.05, 3.63) is 47.8 Å². The second kappa shape index (κ2) is 6.78. The van der Waals surface area contributed by atoms with Crippen LogP contribution >= 0.6 is 0 Å². The van der Waals surface area contributed by atoms with Gasteiger partial charge in [-0.15, -0.1) is 0 Å². The summed E-state index contributed by atoms with van der Waals surface area (Å²) in [5, 5.41) is 0.994. The van der Waals surface area contributed by atoms with Gasteiger partial charge in [0, 0.05) is 35.7 Å². The molecule has 1 N–H and O–H groups in total. The fraction of sp³-hybridized carbons (Fsp3) is 0.364. The molecule has 0 spiro atoms. The lowest BCUT2D eigenvalue weighted by Gasteiger charge is -2.40. The average Bonchev–Trinajstić information content (AvgIpc) is 3.05. The minimum Gasteiger partial charge on any atom is -0.466 e. The van der Waals surface area contributed by atoms with E-state index in [2.05, 4.69) is 9.97 Å². The zero-order chi connectivity index (χ0) is 20.1. The van der Waals surface area contributed by atoms with E-state index in [9.17, 15) is 4.79 Å². The molecule has 0 aliphatic heterocycles. The van der Waals surface area contributed by atoms with E-state index in [1.54, 1.807) is 13.3 Å². The molecule has 0 fully saturated rings. The van der Waals surface area contributed by atoms with Gasteiger partial charge in [0.25, 0.3) is 0 Å². The van der Waals surface area contributed by atoms with E-state index in [0.29, 0.717) is 12.1 Å². The Morgan fingerprint density at radius 1 is 1.32 bits per heavy atom. The number of rotatable bonds is 4. The van der Waals surface area contributed by atoms with Crippen molar-refractivity contribution in [3.8, 4) is 11.3 Å². The van der Waals surface area contributed by atoms with E-state index >= 15 is 0 Å². The molecule has 28 heavy (non-hydrogen) atoms. The van der Waals surface area contributed by atoms with Gasteiger partial charge in [0.05, 0.1) is 23.4 Å². The summed E-state index contributed by atoms with van der Waals surface area (Å²) in [6, 6.07) is 9.72. The first-order chi connectivity index (χ1) is 13.4. The molecule has 0 saturated heterocycles. The van der Waals surface area contributed by atoms with E-state index in [1.165, 1.54) is 0 Å². The van der Waals surface area contributed by atoms with E-state index in [0.717, 1.165) is 33.4 Å². The lowest BCUT2D eigenvalue weighted by Crippen LogP contribution is -2.39. The third-order valence-corrected chi connectivity index (χ3v) is 5.69. The van der Waals surface area contributed by atoms with Gasteiger partial charge in [0.1, 0.15) is 14.0 Å². The highest BCUT2D eigenvalue weighted by Gasteiger charge is 2.49. The van der Waals surface area contributed by atoms with Gasteiger partial charge in [-0.2, -0.15) is 0 Å². The van der Waals surface area contributed by atoms with Crippen molar-refractivity contribution in [3.63, 3.8) is 0 Å². The predicted molar refractivity (Wildman–Crippen MR) is 110 cm³/mol. The summed E-state index contributed by atoms with van der Waals surface area (Å²) in [5.41, 5.74) is 4.59. The van der Waals surface area contributed by atoms with Crippen LogP contribution in [-0.2, 0) is 14.3 Å². The zero-order valence-electron chi connectivity index (χ0n) is 16.6. The maximum absolute atomic E-state index is 12.9. The molecule has 0 bridgehead atoms. The van der Waals surface area contributed by atoms with Crippen LogP contribution < -0.4 is 5.46 Å². The first-order valence-electron chi connectivity index (χ1n) is 9.46. The third kappa shape index (κ3) is 2.66. The number of carbonyl (C=O) groups excluding carboxylic acids is 1. The second-order valence-corrected chi connectivity index (χ2v) is 7.73. The number of esters is 1. The largest absolute Gasteiger partial charge is 0.466 e. The Labute approximate surface area is 165 Å². The number of nitrogens with one attached hydrogen (secondary N) is 1. The second-order valence-electron chi connectivity index (χ2n) is 7.73. The van der Waals surface area contributed by atoms with Crippen molar-refractivity contribution in [2.24, 2.45) is 5.41 Å². The number of pyridine rings is 1. The molecule has 0 amide bonds. The monoisotopic (exact) mass is 374 g/mol. The van der Waals surface area contributed by atoms with Crippen LogP contribution in [0, 0.1) is 5.41 Å². The molecule has 6 heteroatoms. The predicted octanol–water partition coefficient (Wildman–Crippen LogP) is 3.40. The number of aromatic amines is 1. The Morgan fingerprint density at radius 3 is 2.82 bits per heavy atom. The average molecular weight is 374 g/mol. The minimum absolute atomic E-state index is 0.259. The maximum Gasteiger partial charge on any atom is 0.312 e. The number of fused-ring (bicyclic) bond motifs is 5. The maximum atomic E-state index is 12.9. The molecule has 1 unspecified atom stereocenters. The number of ether oxygens (including phenoxy) is 2. The van der Waals surface area contributed by atoms with E-state index < -0.39 is 5.41 Å². The number of hydrogen-bond acceptors (Lipinski definition) is 4. The smallest absolute Gasteiger partial charge is 0.312 e. The van der Waals surface area contributed by atoms with E-state index in [-0.39, 0.29) is 18.0 Å². The lowest BCUT2D eigenvalue weighted by molar-refractivity contribution is -0.157. The molecule has 2 radical (unpaired) electrons. The highest BCUT2D eigenvalue weighted by Crippen LogP contribution is 2.55. The number of H-pyrrole nitrogens is 1. The zero-order valence-corrected chi connectivity index (χ0v) is 16.6. The van der Waals surface area contributed by atoms with Gasteiger partial charge in [-0.1, -0.05) is 17.6 Å². The first-order valence-corrected chi connectivity index (χ1v) is 9.46. The summed E-state index contributed by atoms with van der Waals surface area (Å²) in [6.45, 7) is 5.96. The highest BCUT2D eigenvalue weighted by molar-refractivity contribution is 6.33. The highest BCUT2D eigenvalue weighted by atomic mass is 16.5. The van der Waals surface area contributed by atoms with Crippen LogP contribution in [-0.4, -0.2) is 37.5 Å². The van der Waals surface area contributed by atoms with Crippen molar-refractivity contribution in [2.75, 3.05) is 13.7 Å². The number of aromatic nitrogens is 2. The van der Waals surface area contributed by atoms with Crippen molar-refractivity contribution >= 4 is 30.2 Å². The summed E-state index contributed by atoms with van der Waals surface area (Å²) in [4.78, 5) is 21.1. The van der Waals surface area contributed by atoms with Crippen LogP contribution in [0.15, 0.2) is 36.5 Å². The van der Waals surface area contributed by atoms with Crippen LogP contribution in [0.5, 0.6) is 0 Å². The fourth-order valence-corrected chi connectivity index (χ4v) is 4.36. The molecule has 1 aliphatic carbocycles. The molecule has 2 heterocycles. The molecule has 142 valence electrons. The van der Waals surface area contributed by atoms with Gasteiger partial charge in [-0.05, 0) is 44.5 Å². The van der Waals surface area contributed by atoms with Gasteiger partial charge < -0.3 is 14.5 Å². The Balaban J connectivity index is 2.05. The molecule has 1 aliphatic rings. The molecule has 0 saturated carbocycles. The van der Waals surface area contributed by atoms with Gasteiger partial charge in [0.15, 0.2) is 0 Å². The Kier molecular flexibility index (Phi) is 4.54. The van der Waals surface area contributed by atoms with Gasteiger partial charge in [-0.25, -0.2) is 0 Å². The standard InChI is InChI=1S/C22H23BN2O3/c1-5-28-21(26)22(2,3)17-16-14-11-12(23)8-9-15(14)25-18(16)13-7-6-10-24-19(13)20(17)27-4/h6-11,17,20,25H,5H2,1-4H3/t17?,20-/m0/s1. The van der Waals surface area contributed by atoms with Crippen molar-refractivity contribution in [2.45, 2.75) is 32.8 Å². The van der Waals surface area contributed by atoms with Gasteiger partial charge >= 0.3 is 5.97 Å². The molecule has 3 aromatic rings. The third-order valence-electron chi connectivity index (χ3n) is 5.69. The normalized spacial score (nSPS) is 18.6. The summed E-state index contributed by atoms with van der Waals surface area (Å²) in [6.07, 6.45) is 1.37. The number of nitrogens with zero attached hydrogens (tertiary/aromatic N) is 1. The molecular formula is C22H23BN2O3. The number of methoxy groups -OCH3 is 1. The van der Waals surface area contributed by atoms with Crippen molar-refractivity contribution in [1.82, 2.24) is 9.97 Å². The minimum atomic E-state index is -0.833. The van der Waals surface area contributed by atoms with Crippen LogP contribution in [0.3, 0.4) is 0 Å². The lowest BCUT2D eigenvalue weighted by atomic mass is 9.67. The fourth-order valence-electron chi connectivity index (χ4n) is 4.36. The van der Waals surface area contributed by atoms with Crippen LogP contribution in [0.1, 0.15) is 44.1 Å². The SMILES string of the molecule is [B]c1ccc2[nH]c3c(c2c1)C(C(C)(C)C(=O)OCC)[C@H](OC)c1ncccc1-3. The molecule has 4 rings (SSSR count). The molecule has 5 nitrogen and oxygen atoms in total. The van der Waals surface area contributed by atoms with E-state index in [4.69, 9.17) is 17.3 Å². The number of carbonyl (C=O) groups is 1. The molecule has 1 aromatic carbocycles. The van der Waals surface area contributed by atoms with Crippen molar-refractivity contribution < 1.29 is 14.3 Å². The summed E-state index contributed by atoms with van der Waals surface area (Å²) >= 11 is 0. The Hall–Kier alpha value is -2.60. The van der Waals surface area contributed by atoms with Crippen molar-refractivity contribution in [1.29, 1.82) is 0 Å². The summed E-state index contributed by atoms with van der Waals surface area (Å²) < 4.78 is 11.4. The van der Waals surface area contributed by atoms with Gasteiger partial charge in [-0.3, -0.25) is 9.78 Å². The van der Waals surface area contributed by atoms with Gasteiger partial charge in [0.2, 0.25) is 0 Å². The Morgan fingerprint density at radius 2 is 2.11 bits per heavy atom. The molecular weight excluding hydrogens is 351 g/mol. The van der Waals surface area contributed by atoms with Crippen LogP contribution in [0.2, 0.25) is 0 Å². The number of hydrogen-bond donors (Lipinski definition) is 1. The molecule has 2 aromatic heterocycles. The summed E-state index contributed by atoms with van der Waals surface area (Å²) in [7, 11) is 7.75. The summed E-state index contributed by atoms with van der Waals surface area (Å²) in [5.74, 6) is -0.546. The van der Waals surface area contributed by atoms with E-state index in [1.807, 2.05) is 51.1 Å². The van der Waals surface area contributed by atoms with Crippen LogP contribution in [0.4, 0.5) is 0 Å². The first kappa shape index (κ1) is 18.8. The topological polar surface area (TPSA) is 64.2 Å². The van der Waals surface area contributed by atoms with Crippen LogP contribution in [0.25, 0.3) is 22.2 Å². The Bertz CT molecular complexity index is 1060. The number of benzene rings is 1.